The molecule has 0 radical (unpaired) electrons. The van der Waals surface area contributed by atoms with Crippen molar-refractivity contribution in [2.45, 2.75) is 37.9 Å². The first-order valence-corrected chi connectivity index (χ1v) is 6.42. The maximum absolute atomic E-state index is 12.5. The molecule has 0 spiro atoms. The molecule has 1 fully saturated rings. The molecule has 0 saturated heterocycles. The third-order valence-corrected chi connectivity index (χ3v) is 3.59. The van der Waals surface area contributed by atoms with Crippen molar-refractivity contribution in [2.75, 3.05) is 0 Å². The van der Waals surface area contributed by atoms with Crippen molar-refractivity contribution in [3.63, 3.8) is 0 Å². The molecular formula is C13H15F3N2O2. The third-order valence-electron chi connectivity index (χ3n) is 3.59. The average Bonchev–Trinajstić information content (AvgIpc) is 2.38. The molecule has 0 atom stereocenters. The Hall–Kier alpha value is -1.79. The SMILES string of the molecule is O=C(NC1CCC(C(F)(F)F)CC1)c1c[nH]ccc1=O. The fourth-order valence-corrected chi connectivity index (χ4v) is 2.42. The predicted molar refractivity (Wildman–Crippen MR) is 66.3 cm³/mol. The number of aromatic amines is 1. The number of carbonyl (C=O) groups is 1. The van der Waals surface area contributed by atoms with E-state index in [1.165, 1.54) is 18.5 Å². The summed E-state index contributed by atoms with van der Waals surface area (Å²) in [5, 5.41) is 2.62. The molecule has 4 nitrogen and oxygen atoms in total. The van der Waals surface area contributed by atoms with Crippen LogP contribution in [0.1, 0.15) is 36.0 Å². The fraction of sp³-hybridized carbons (Fsp3) is 0.538. The summed E-state index contributed by atoms with van der Waals surface area (Å²) in [5.74, 6) is -1.82. The number of amides is 1. The molecule has 110 valence electrons. The van der Waals surface area contributed by atoms with Gasteiger partial charge in [0.1, 0.15) is 5.56 Å². The molecule has 1 heterocycles. The lowest BCUT2D eigenvalue weighted by Gasteiger charge is -2.30. The molecule has 2 N–H and O–H groups in total. The molecule has 1 aromatic heterocycles. The van der Waals surface area contributed by atoms with E-state index in [4.69, 9.17) is 0 Å². The Morgan fingerprint density at radius 1 is 1.25 bits per heavy atom. The van der Waals surface area contributed by atoms with E-state index in [0.717, 1.165) is 0 Å². The van der Waals surface area contributed by atoms with Crippen LogP contribution >= 0.6 is 0 Å². The van der Waals surface area contributed by atoms with Crippen LogP contribution in [-0.2, 0) is 0 Å². The third kappa shape index (κ3) is 3.40. The topological polar surface area (TPSA) is 62.0 Å². The van der Waals surface area contributed by atoms with Crippen molar-refractivity contribution in [2.24, 2.45) is 5.92 Å². The van der Waals surface area contributed by atoms with Gasteiger partial charge in [0.2, 0.25) is 0 Å². The Kier molecular flexibility index (Phi) is 4.15. The zero-order valence-electron chi connectivity index (χ0n) is 10.7. The largest absolute Gasteiger partial charge is 0.391 e. The molecule has 7 heteroatoms. The lowest BCUT2D eigenvalue weighted by Crippen LogP contribution is -2.41. The number of alkyl halides is 3. The number of hydrogen-bond acceptors (Lipinski definition) is 2. The number of nitrogens with one attached hydrogen (secondary N) is 2. The summed E-state index contributed by atoms with van der Waals surface area (Å²) in [7, 11) is 0. The second kappa shape index (κ2) is 5.68. The normalized spacial score (nSPS) is 23.4. The van der Waals surface area contributed by atoms with E-state index >= 15 is 0 Å². The highest BCUT2D eigenvalue weighted by atomic mass is 19.4. The first-order valence-electron chi connectivity index (χ1n) is 6.42. The number of pyridine rings is 1. The van der Waals surface area contributed by atoms with Crippen molar-refractivity contribution in [1.82, 2.24) is 10.3 Å². The monoisotopic (exact) mass is 288 g/mol. The van der Waals surface area contributed by atoms with Crippen molar-refractivity contribution < 1.29 is 18.0 Å². The van der Waals surface area contributed by atoms with Gasteiger partial charge in [0, 0.05) is 24.5 Å². The van der Waals surface area contributed by atoms with Crippen molar-refractivity contribution in [3.05, 3.63) is 34.2 Å². The first-order chi connectivity index (χ1) is 9.38. The summed E-state index contributed by atoms with van der Waals surface area (Å²) in [6, 6.07) is 0.927. The second-order valence-electron chi connectivity index (χ2n) is 4.99. The molecule has 1 amide bonds. The van der Waals surface area contributed by atoms with E-state index in [-0.39, 0.29) is 37.3 Å². The number of rotatable bonds is 2. The van der Waals surface area contributed by atoms with Gasteiger partial charge in [-0.25, -0.2) is 0 Å². The highest BCUT2D eigenvalue weighted by Crippen LogP contribution is 2.37. The van der Waals surface area contributed by atoms with Crippen LogP contribution in [-0.4, -0.2) is 23.1 Å². The van der Waals surface area contributed by atoms with Crippen LogP contribution in [0.5, 0.6) is 0 Å². The first kappa shape index (κ1) is 14.6. The van der Waals surface area contributed by atoms with Crippen LogP contribution in [0.2, 0.25) is 0 Å². The standard InChI is InChI=1S/C13H15F3N2O2/c14-13(15,16)8-1-3-9(4-2-8)18-12(20)10-7-17-6-5-11(10)19/h5-9H,1-4H2,(H,17,19)(H,18,20). The van der Waals surface area contributed by atoms with Gasteiger partial charge >= 0.3 is 6.18 Å². The summed E-state index contributed by atoms with van der Waals surface area (Å²) in [6.45, 7) is 0. The van der Waals surface area contributed by atoms with Gasteiger partial charge in [-0.05, 0) is 25.7 Å². The van der Waals surface area contributed by atoms with Crippen molar-refractivity contribution in [3.8, 4) is 0 Å². The van der Waals surface area contributed by atoms with Crippen LogP contribution in [0.3, 0.4) is 0 Å². The molecule has 20 heavy (non-hydrogen) atoms. The Morgan fingerprint density at radius 3 is 2.45 bits per heavy atom. The molecule has 1 aliphatic rings. The van der Waals surface area contributed by atoms with Crippen LogP contribution < -0.4 is 10.7 Å². The Labute approximate surface area is 113 Å². The molecule has 0 bridgehead atoms. The van der Waals surface area contributed by atoms with Crippen molar-refractivity contribution >= 4 is 5.91 Å². The molecule has 1 saturated carbocycles. The minimum absolute atomic E-state index is 0.0135. The van der Waals surface area contributed by atoms with Gasteiger partial charge in [-0.1, -0.05) is 0 Å². The van der Waals surface area contributed by atoms with E-state index in [1.54, 1.807) is 0 Å². The molecule has 1 aliphatic carbocycles. The zero-order valence-corrected chi connectivity index (χ0v) is 10.7. The number of carbonyl (C=O) groups excluding carboxylic acids is 1. The lowest BCUT2D eigenvalue weighted by molar-refractivity contribution is -0.182. The van der Waals surface area contributed by atoms with E-state index in [2.05, 4.69) is 10.3 Å². The van der Waals surface area contributed by atoms with E-state index in [0.29, 0.717) is 0 Å². The highest BCUT2D eigenvalue weighted by Gasteiger charge is 2.41. The molecule has 0 aliphatic heterocycles. The maximum Gasteiger partial charge on any atom is 0.391 e. The summed E-state index contributed by atoms with van der Waals surface area (Å²) in [6.07, 6.45) is -0.876. The summed E-state index contributed by atoms with van der Waals surface area (Å²) >= 11 is 0. The highest BCUT2D eigenvalue weighted by molar-refractivity contribution is 5.93. The van der Waals surface area contributed by atoms with Gasteiger partial charge in [0.15, 0.2) is 5.43 Å². The molecule has 2 rings (SSSR count). The van der Waals surface area contributed by atoms with E-state index < -0.39 is 23.4 Å². The van der Waals surface area contributed by atoms with E-state index in [1.807, 2.05) is 0 Å². The second-order valence-corrected chi connectivity index (χ2v) is 4.99. The van der Waals surface area contributed by atoms with Crippen LogP contribution in [0, 0.1) is 5.92 Å². The predicted octanol–water partition coefficient (Wildman–Crippen LogP) is 2.23. The molecular weight excluding hydrogens is 273 g/mol. The quantitative estimate of drug-likeness (QED) is 0.876. The Morgan fingerprint density at radius 2 is 1.90 bits per heavy atom. The van der Waals surface area contributed by atoms with Gasteiger partial charge in [-0.2, -0.15) is 13.2 Å². The number of hydrogen-bond donors (Lipinski definition) is 2. The average molecular weight is 288 g/mol. The van der Waals surface area contributed by atoms with Gasteiger partial charge in [-0.15, -0.1) is 0 Å². The summed E-state index contributed by atoms with van der Waals surface area (Å²) in [4.78, 5) is 26.0. The Balaban J connectivity index is 1.92. The van der Waals surface area contributed by atoms with Crippen molar-refractivity contribution in [1.29, 1.82) is 0 Å². The zero-order chi connectivity index (χ0) is 14.8. The summed E-state index contributed by atoms with van der Waals surface area (Å²) in [5.41, 5.74) is -0.435. The number of aromatic nitrogens is 1. The van der Waals surface area contributed by atoms with Gasteiger partial charge in [0.05, 0.1) is 5.92 Å². The van der Waals surface area contributed by atoms with Crippen LogP contribution in [0.4, 0.5) is 13.2 Å². The van der Waals surface area contributed by atoms with Crippen LogP contribution in [0.15, 0.2) is 23.3 Å². The molecule has 0 aromatic carbocycles. The van der Waals surface area contributed by atoms with Crippen LogP contribution in [0.25, 0.3) is 0 Å². The van der Waals surface area contributed by atoms with Gasteiger partial charge in [-0.3, -0.25) is 9.59 Å². The molecule has 0 unspecified atom stereocenters. The van der Waals surface area contributed by atoms with Gasteiger partial charge < -0.3 is 10.3 Å². The van der Waals surface area contributed by atoms with E-state index in [9.17, 15) is 22.8 Å². The summed E-state index contributed by atoms with van der Waals surface area (Å²) < 4.78 is 37.5. The maximum atomic E-state index is 12.5. The number of H-pyrrole nitrogens is 1. The minimum Gasteiger partial charge on any atom is -0.367 e. The molecule has 1 aromatic rings. The smallest absolute Gasteiger partial charge is 0.367 e. The van der Waals surface area contributed by atoms with Gasteiger partial charge in [0.25, 0.3) is 5.91 Å². The Bertz CT molecular complexity index is 531. The number of halogens is 3. The minimum atomic E-state index is -4.16. The fourth-order valence-electron chi connectivity index (χ4n) is 2.42. The lowest BCUT2D eigenvalue weighted by atomic mass is 9.85.